The molecule has 0 unspecified atom stereocenters. The molecule has 0 heterocycles. The molecule has 1 aromatic carbocycles. The Morgan fingerprint density at radius 2 is 1.82 bits per heavy atom. The highest BCUT2D eigenvalue weighted by atomic mass is 79.9. The molecule has 0 saturated heterocycles. The predicted molar refractivity (Wildman–Crippen MR) is 44.8 cm³/mol. The van der Waals surface area contributed by atoms with Crippen LogP contribution in [-0.4, -0.2) is 5.11 Å². The average molecular weight is 219 g/mol. The summed E-state index contributed by atoms with van der Waals surface area (Å²) < 4.78 is 13.7. The van der Waals surface area contributed by atoms with E-state index in [9.17, 15) is 4.39 Å². The SMILES string of the molecule is C[C@@](O)(F)c1ccc(Br)cc1. The van der Waals surface area contributed by atoms with E-state index in [0.717, 1.165) is 11.4 Å². The number of hydrogen-bond acceptors (Lipinski definition) is 1. The van der Waals surface area contributed by atoms with Crippen LogP contribution in [0.2, 0.25) is 0 Å². The van der Waals surface area contributed by atoms with Crippen LogP contribution in [-0.2, 0) is 5.85 Å². The summed E-state index contributed by atoms with van der Waals surface area (Å²) in [6.07, 6.45) is 0. The standard InChI is InChI=1S/C8H8BrFO/c1-8(10,11)6-2-4-7(9)5-3-6/h2-5,11H,1H3/t8-/m0/s1. The highest BCUT2D eigenvalue weighted by molar-refractivity contribution is 9.10. The van der Waals surface area contributed by atoms with Gasteiger partial charge in [0.2, 0.25) is 5.85 Å². The fourth-order valence-electron chi connectivity index (χ4n) is 0.754. The lowest BCUT2D eigenvalue weighted by atomic mass is 10.1. The lowest BCUT2D eigenvalue weighted by Crippen LogP contribution is -2.12. The number of hydrogen-bond donors (Lipinski definition) is 1. The highest BCUT2D eigenvalue weighted by Crippen LogP contribution is 2.23. The molecule has 11 heavy (non-hydrogen) atoms. The zero-order valence-electron chi connectivity index (χ0n) is 6.01. The number of benzene rings is 1. The Balaban J connectivity index is 2.99. The van der Waals surface area contributed by atoms with Crippen LogP contribution in [0.15, 0.2) is 28.7 Å². The number of aliphatic hydroxyl groups is 1. The Morgan fingerprint density at radius 1 is 1.36 bits per heavy atom. The molecular weight excluding hydrogens is 211 g/mol. The number of rotatable bonds is 1. The van der Waals surface area contributed by atoms with E-state index in [2.05, 4.69) is 15.9 Å². The van der Waals surface area contributed by atoms with Crippen molar-refractivity contribution in [2.45, 2.75) is 12.8 Å². The van der Waals surface area contributed by atoms with Crippen LogP contribution in [0.3, 0.4) is 0 Å². The van der Waals surface area contributed by atoms with Gasteiger partial charge in [-0.15, -0.1) is 0 Å². The Bertz CT molecular complexity index is 237. The van der Waals surface area contributed by atoms with Gasteiger partial charge in [-0.3, -0.25) is 0 Å². The summed E-state index contributed by atoms with van der Waals surface area (Å²) in [7, 11) is 0. The molecule has 1 rings (SSSR count). The van der Waals surface area contributed by atoms with E-state index < -0.39 is 5.85 Å². The van der Waals surface area contributed by atoms with Crippen LogP contribution >= 0.6 is 15.9 Å². The molecule has 0 saturated carbocycles. The first-order chi connectivity index (χ1) is 5.00. The van der Waals surface area contributed by atoms with Crippen molar-refractivity contribution in [3.05, 3.63) is 34.3 Å². The van der Waals surface area contributed by atoms with Crippen molar-refractivity contribution in [1.29, 1.82) is 0 Å². The molecule has 0 bridgehead atoms. The quantitative estimate of drug-likeness (QED) is 0.769. The van der Waals surface area contributed by atoms with Crippen molar-refractivity contribution in [1.82, 2.24) is 0 Å². The van der Waals surface area contributed by atoms with Crippen molar-refractivity contribution in [3.8, 4) is 0 Å². The molecule has 1 nitrogen and oxygen atoms in total. The monoisotopic (exact) mass is 218 g/mol. The van der Waals surface area contributed by atoms with Gasteiger partial charge in [0.1, 0.15) is 0 Å². The zero-order chi connectivity index (χ0) is 8.48. The van der Waals surface area contributed by atoms with Crippen LogP contribution in [0.25, 0.3) is 0 Å². The van der Waals surface area contributed by atoms with Gasteiger partial charge in [0.05, 0.1) is 0 Å². The molecule has 0 radical (unpaired) electrons. The molecule has 0 spiro atoms. The van der Waals surface area contributed by atoms with Gasteiger partial charge < -0.3 is 5.11 Å². The van der Waals surface area contributed by atoms with E-state index in [1.54, 1.807) is 12.1 Å². The molecule has 3 heteroatoms. The number of halogens is 2. The van der Waals surface area contributed by atoms with Crippen molar-refractivity contribution >= 4 is 15.9 Å². The lowest BCUT2D eigenvalue weighted by Gasteiger charge is -2.12. The minimum atomic E-state index is -2.24. The van der Waals surface area contributed by atoms with Crippen LogP contribution in [0.1, 0.15) is 12.5 Å². The fraction of sp³-hybridized carbons (Fsp3) is 0.250. The molecule has 0 aliphatic carbocycles. The second kappa shape index (κ2) is 2.91. The van der Waals surface area contributed by atoms with Crippen molar-refractivity contribution < 1.29 is 9.50 Å². The first-order valence-electron chi connectivity index (χ1n) is 3.17. The van der Waals surface area contributed by atoms with E-state index in [0.29, 0.717) is 0 Å². The molecule has 60 valence electrons. The van der Waals surface area contributed by atoms with Crippen molar-refractivity contribution in [2.24, 2.45) is 0 Å². The Morgan fingerprint density at radius 3 is 2.18 bits per heavy atom. The van der Waals surface area contributed by atoms with Gasteiger partial charge in [-0.2, -0.15) is 0 Å². The van der Waals surface area contributed by atoms with Gasteiger partial charge in [-0.25, -0.2) is 4.39 Å². The number of alkyl halides is 1. The van der Waals surface area contributed by atoms with E-state index >= 15 is 0 Å². The first kappa shape index (κ1) is 8.68. The largest absolute Gasteiger partial charge is 0.358 e. The Kier molecular flexibility index (Phi) is 2.30. The minimum absolute atomic E-state index is 0.265. The Labute approximate surface area is 73.0 Å². The minimum Gasteiger partial charge on any atom is -0.358 e. The van der Waals surface area contributed by atoms with E-state index in [1.165, 1.54) is 12.1 Å². The molecule has 0 amide bonds. The highest BCUT2D eigenvalue weighted by Gasteiger charge is 2.20. The van der Waals surface area contributed by atoms with Crippen LogP contribution in [0.5, 0.6) is 0 Å². The van der Waals surface area contributed by atoms with Gasteiger partial charge in [-0.05, 0) is 19.1 Å². The summed E-state index contributed by atoms with van der Waals surface area (Å²) in [4.78, 5) is 0. The normalized spacial score (nSPS) is 16.0. The van der Waals surface area contributed by atoms with Gasteiger partial charge >= 0.3 is 0 Å². The fourth-order valence-corrected chi connectivity index (χ4v) is 1.02. The van der Waals surface area contributed by atoms with Gasteiger partial charge in [0, 0.05) is 10.0 Å². The second-order valence-corrected chi connectivity index (χ2v) is 3.38. The maximum Gasteiger partial charge on any atom is 0.230 e. The smallest absolute Gasteiger partial charge is 0.230 e. The van der Waals surface area contributed by atoms with Gasteiger partial charge in [0.25, 0.3) is 0 Å². The molecule has 0 aromatic heterocycles. The molecule has 1 aromatic rings. The maximum absolute atomic E-state index is 12.8. The summed E-state index contributed by atoms with van der Waals surface area (Å²) in [5, 5.41) is 8.90. The van der Waals surface area contributed by atoms with Crippen LogP contribution in [0, 0.1) is 0 Å². The second-order valence-electron chi connectivity index (χ2n) is 2.46. The zero-order valence-corrected chi connectivity index (χ0v) is 7.60. The lowest BCUT2D eigenvalue weighted by molar-refractivity contribution is -0.0768. The molecule has 0 fully saturated rings. The topological polar surface area (TPSA) is 20.2 Å². The summed E-state index contributed by atoms with van der Waals surface area (Å²) in [6.45, 7) is 1.11. The van der Waals surface area contributed by atoms with E-state index in [4.69, 9.17) is 5.11 Å². The third-order valence-electron chi connectivity index (χ3n) is 1.37. The van der Waals surface area contributed by atoms with Gasteiger partial charge in [0.15, 0.2) is 0 Å². The molecule has 1 atom stereocenters. The van der Waals surface area contributed by atoms with Gasteiger partial charge in [-0.1, -0.05) is 28.1 Å². The molecular formula is C8H8BrFO. The summed E-state index contributed by atoms with van der Waals surface area (Å²) in [5.41, 5.74) is 0.265. The molecule has 1 N–H and O–H groups in total. The third kappa shape index (κ3) is 2.27. The first-order valence-corrected chi connectivity index (χ1v) is 3.97. The van der Waals surface area contributed by atoms with Crippen LogP contribution in [0.4, 0.5) is 4.39 Å². The van der Waals surface area contributed by atoms with Crippen molar-refractivity contribution in [3.63, 3.8) is 0 Å². The average Bonchev–Trinajstić information content (AvgIpc) is 1.86. The molecule has 0 aliphatic rings. The van der Waals surface area contributed by atoms with Crippen LogP contribution < -0.4 is 0 Å². The van der Waals surface area contributed by atoms with E-state index in [1.807, 2.05) is 0 Å². The predicted octanol–water partition coefficient (Wildman–Crippen LogP) is 2.58. The van der Waals surface area contributed by atoms with Crippen molar-refractivity contribution in [2.75, 3.05) is 0 Å². The van der Waals surface area contributed by atoms with E-state index in [-0.39, 0.29) is 5.56 Å². The summed E-state index contributed by atoms with van der Waals surface area (Å²) >= 11 is 3.21. The Hall–Kier alpha value is -0.410. The summed E-state index contributed by atoms with van der Waals surface area (Å²) in [5.74, 6) is -2.24. The maximum atomic E-state index is 12.8. The third-order valence-corrected chi connectivity index (χ3v) is 1.90. The summed E-state index contributed by atoms with van der Waals surface area (Å²) in [6, 6.07) is 6.43. The molecule has 0 aliphatic heterocycles.